The van der Waals surface area contributed by atoms with E-state index in [1.165, 1.54) is 44.9 Å². The first-order valence-electron chi connectivity index (χ1n) is 7.76. The highest BCUT2D eigenvalue weighted by molar-refractivity contribution is 5.02. The predicted molar refractivity (Wildman–Crippen MR) is 71.1 cm³/mol. The van der Waals surface area contributed by atoms with Crippen LogP contribution in [0, 0.1) is 23.2 Å². The highest BCUT2D eigenvalue weighted by Gasteiger charge is 2.50. The molecule has 4 bridgehead atoms. The Balaban J connectivity index is 1.44. The maximum atomic E-state index is 5.52. The van der Waals surface area contributed by atoms with E-state index in [1.807, 2.05) is 0 Å². The van der Waals surface area contributed by atoms with Crippen LogP contribution in [-0.2, 0) is 13.0 Å². The summed E-state index contributed by atoms with van der Waals surface area (Å²) in [5.74, 6) is 4.49. The third-order valence-corrected chi connectivity index (χ3v) is 5.73. The highest BCUT2D eigenvalue weighted by Crippen LogP contribution is 2.61. The molecule has 2 N–H and O–H groups in total. The van der Waals surface area contributed by atoms with Gasteiger partial charge >= 0.3 is 0 Å². The van der Waals surface area contributed by atoms with E-state index in [-0.39, 0.29) is 0 Å². The average molecular weight is 261 g/mol. The first-order chi connectivity index (χ1) is 9.25. The molecule has 5 rings (SSSR count). The molecule has 0 radical (unpaired) electrons. The minimum absolute atomic E-state index is 0.376. The number of hydrogen-bond donors (Lipinski definition) is 1. The molecule has 4 saturated carbocycles. The Morgan fingerprint density at radius 1 is 1.11 bits per heavy atom. The van der Waals surface area contributed by atoms with Crippen LogP contribution in [0.3, 0.4) is 0 Å². The number of aromatic nitrogens is 2. The fraction of sp³-hybridized carbons (Fsp3) is 0.867. The van der Waals surface area contributed by atoms with E-state index < -0.39 is 0 Å². The molecule has 4 aliphatic rings. The van der Waals surface area contributed by atoms with Gasteiger partial charge < -0.3 is 10.3 Å². The molecule has 0 saturated heterocycles. The minimum Gasteiger partial charge on any atom is -0.339 e. The molecular formula is C15H23N3O. The summed E-state index contributed by atoms with van der Waals surface area (Å²) in [7, 11) is 0. The van der Waals surface area contributed by atoms with Gasteiger partial charge in [-0.1, -0.05) is 5.16 Å². The van der Waals surface area contributed by atoms with Crippen LogP contribution in [0.1, 0.15) is 56.7 Å². The van der Waals surface area contributed by atoms with E-state index in [2.05, 4.69) is 10.1 Å². The van der Waals surface area contributed by atoms with E-state index in [1.54, 1.807) is 0 Å². The molecule has 4 heteroatoms. The van der Waals surface area contributed by atoms with Crippen LogP contribution in [0.5, 0.6) is 0 Å². The van der Waals surface area contributed by atoms with Crippen LogP contribution >= 0.6 is 0 Å². The lowest BCUT2D eigenvalue weighted by molar-refractivity contribution is -0.0577. The Kier molecular flexibility index (Phi) is 2.69. The number of nitrogens with zero attached hydrogens (tertiary/aromatic N) is 2. The van der Waals surface area contributed by atoms with Crippen molar-refractivity contribution >= 4 is 0 Å². The highest BCUT2D eigenvalue weighted by atomic mass is 16.5. The largest absolute Gasteiger partial charge is 0.339 e. The zero-order valence-corrected chi connectivity index (χ0v) is 11.5. The van der Waals surface area contributed by atoms with Gasteiger partial charge in [0.05, 0.1) is 6.54 Å². The van der Waals surface area contributed by atoms with Gasteiger partial charge in [0, 0.05) is 6.42 Å². The van der Waals surface area contributed by atoms with Crippen molar-refractivity contribution in [3.8, 4) is 0 Å². The average Bonchev–Trinajstić information content (AvgIpc) is 2.83. The Morgan fingerprint density at radius 2 is 1.74 bits per heavy atom. The van der Waals surface area contributed by atoms with Crippen molar-refractivity contribution in [2.75, 3.05) is 0 Å². The Morgan fingerprint density at radius 3 is 2.26 bits per heavy atom. The lowest BCUT2D eigenvalue weighted by Crippen LogP contribution is -2.46. The summed E-state index contributed by atoms with van der Waals surface area (Å²) in [5.41, 5.74) is 6.12. The van der Waals surface area contributed by atoms with Gasteiger partial charge in [-0.2, -0.15) is 4.98 Å². The van der Waals surface area contributed by atoms with Crippen molar-refractivity contribution in [2.45, 2.75) is 57.9 Å². The van der Waals surface area contributed by atoms with Gasteiger partial charge in [-0.25, -0.2) is 0 Å². The van der Waals surface area contributed by atoms with Crippen LogP contribution in [0.4, 0.5) is 0 Å². The molecule has 0 aliphatic heterocycles. The van der Waals surface area contributed by atoms with Gasteiger partial charge in [0.25, 0.3) is 0 Å². The molecule has 4 nitrogen and oxygen atoms in total. The molecule has 0 atom stereocenters. The normalized spacial score (nSPS) is 39.9. The van der Waals surface area contributed by atoms with Crippen LogP contribution < -0.4 is 5.73 Å². The molecular weight excluding hydrogens is 238 g/mol. The van der Waals surface area contributed by atoms with Crippen LogP contribution in [0.25, 0.3) is 0 Å². The Bertz CT molecular complexity index is 432. The molecule has 104 valence electrons. The van der Waals surface area contributed by atoms with Crippen molar-refractivity contribution in [1.29, 1.82) is 0 Å². The van der Waals surface area contributed by atoms with Crippen molar-refractivity contribution in [3.05, 3.63) is 11.7 Å². The topological polar surface area (TPSA) is 64.9 Å². The number of rotatable bonds is 4. The molecule has 4 aliphatic carbocycles. The molecule has 0 aromatic carbocycles. The lowest BCUT2D eigenvalue weighted by atomic mass is 9.48. The van der Waals surface area contributed by atoms with Gasteiger partial charge in [0.1, 0.15) is 0 Å². The smallest absolute Gasteiger partial charge is 0.226 e. The zero-order chi connectivity index (χ0) is 12.9. The van der Waals surface area contributed by atoms with Gasteiger partial charge in [-0.15, -0.1) is 0 Å². The maximum absolute atomic E-state index is 5.52. The van der Waals surface area contributed by atoms with Gasteiger partial charge in [-0.3, -0.25) is 0 Å². The monoisotopic (exact) mass is 261 g/mol. The van der Waals surface area contributed by atoms with E-state index in [9.17, 15) is 0 Å². The zero-order valence-electron chi connectivity index (χ0n) is 11.5. The third-order valence-electron chi connectivity index (χ3n) is 5.73. The van der Waals surface area contributed by atoms with Gasteiger partial charge in [0.2, 0.25) is 5.89 Å². The quantitative estimate of drug-likeness (QED) is 0.905. The van der Waals surface area contributed by atoms with Crippen LogP contribution in [0.15, 0.2) is 4.52 Å². The first-order valence-corrected chi connectivity index (χ1v) is 7.76. The van der Waals surface area contributed by atoms with E-state index >= 15 is 0 Å². The van der Waals surface area contributed by atoms with Crippen LogP contribution in [0.2, 0.25) is 0 Å². The standard InChI is InChI=1S/C15H23N3O/c16-9-13-17-14(19-18-13)1-2-15-6-10-3-11(7-15)5-12(4-10)8-15/h10-12H,1-9,16H2. The van der Waals surface area contributed by atoms with E-state index in [4.69, 9.17) is 10.3 Å². The second-order valence-electron chi connectivity index (χ2n) is 7.23. The summed E-state index contributed by atoms with van der Waals surface area (Å²) >= 11 is 0. The minimum atomic E-state index is 0.376. The van der Waals surface area contributed by atoms with Crippen LogP contribution in [-0.4, -0.2) is 10.1 Å². The fourth-order valence-corrected chi connectivity index (χ4v) is 5.44. The van der Waals surface area contributed by atoms with Crippen molar-refractivity contribution in [1.82, 2.24) is 10.1 Å². The molecule has 0 spiro atoms. The summed E-state index contributed by atoms with van der Waals surface area (Å²) in [5, 5.41) is 3.89. The maximum Gasteiger partial charge on any atom is 0.226 e. The summed E-state index contributed by atoms with van der Waals surface area (Å²) in [6, 6.07) is 0. The van der Waals surface area contributed by atoms with Crippen molar-refractivity contribution in [2.24, 2.45) is 28.9 Å². The summed E-state index contributed by atoms with van der Waals surface area (Å²) < 4.78 is 5.28. The lowest BCUT2D eigenvalue weighted by Gasteiger charge is -2.57. The summed E-state index contributed by atoms with van der Waals surface area (Å²) in [4.78, 5) is 4.34. The second-order valence-corrected chi connectivity index (χ2v) is 7.23. The molecule has 1 heterocycles. The molecule has 19 heavy (non-hydrogen) atoms. The van der Waals surface area contributed by atoms with E-state index in [0.717, 1.165) is 30.1 Å². The van der Waals surface area contributed by atoms with Gasteiger partial charge in [0.15, 0.2) is 5.82 Å². The predicted octanol–water partition coefficient (Wildman–Crippen LogP) is 2.68. The van der Waals surface area contributed by atoms with Crippen molar-refractivity contribution < 1.29 is 4.52 Å². The second kappa shape index (κ2) is 4.30. The summed E-state index contributed by atoms with van der Waals surface area (Å²) in [6.45, 7) is 0.376. The first kappa shape index (κ1) is 11.9. The molecule has 1 aromatic heterocycles. The fourth-order valence-electron chi connectivity index (χ4n) is 5.44. The molecule has 4 fully saturated rings. The third kappa shape index (κ3) is 2.10. The molecule has 1 aromatic rings. The number of nitrogens with two attached hydrogens (primary N) is 1. The summed E-state index contributed by atoms with van der Waals surface area (Å²) in [6.07, 6.45) is 11.1. The van der Waals surface area contributed by atoms with Gasteiger partial charge in [-0.05, 0) is 68.1 Å². The SMILES string of the molecule is NCc1noc(CCC23CC4CC(CC(C4)C2)C3)n1. The van der Waals surface area contributed by atoms with Crippen molar-refractivity contribution in [3.63, 3.8) is 0 Å². The van der Waals surface area contributed by atoms with E-state index in [0.29, 0.717) is 17.8 Å². The Labute approximate surface area is 114 Å². The number of hydrogen-bond acceptors (Lipinski definition) is 4. The Hall–Kier alpha value is -0.900. The molecule has 0 unspecified atom stereocenters. The molecule has 0 amide bonds. The number of aryl methyl sites for hydroxylation is 1.